The van der Waals surface area contributed by atoms with E-state index in [-0.39, 0.29) is 24.6 Å². The predicted octanol–water partition coefficient (Wildman–Crippen LogP) is 3.56. The van der Waals surface area contributed by atoms with E-state index < -0.39 is 11.6 Å². The van der Waals surface area contributed by atoms with Crippen molar-refractivity contribution >= 4 is 34.2 Å². The molecule has 0 unspecified atom stereocenters. The predicted molar refractivity (Wildman–Crippen MR) is 125 cm³/mol. The summed E-state index contributed by atoms with van der Waals surface area (Å²) in [7, 11) is 1.56. The molecule has 2 N–H and O–H groups in total. The number of fused-ring (bicyclic) bond motifs is 5. The van der Waals surface area contributed by atoms with Gasteiger partial charge in [0.2, 0.25) is 0 Å². The number of aliphatic hydroxyl groups is 1. The molecule has 4 heterocycles. The fourth-order valence-electron chi connectivity index (χ4n) is 4.69. The average molecular weight is 470 g/mol. The number of benzene rings is 1. The minimum atomic E-state index is -1.86. The molecule has 33 heavy (non-hydrogen) atoms. The molecular formula is C24H24ClN3O5. The van der Waals surface area contributed by atoms with Gasteiger partial charge in [0, 0.05) is 22.6 Å². The van der Waals surface area contributed by atoms with Crippen molar-refractivity contribution in [3.8, 4) is 17.1 Å². The molecule has 0 radical (unpaired) electrons. The molecule has 8 nitrogen and oxygen atoms in total. The monoisotopic (exact) mass is 469 g/mol. The number of esters is 1. The zero-order chi connectivity index (χ0) is 23.7. The molecule has 3 aromatic rings. The number of nitrogens with zero attached hydrogens (tertiary/aromatic N) is 2. The maximum absolute atomic E-state index is 13.4. The van der Waals surface area contributed by atoms with Crippen molar-refractivity contribution in [2.75, 3.05) is 12.4 Å². The highest BCUT2D eigenvalue weighted by Crippen LogP contribution is 2.43. The Bertz CT molecular complexity index is 1400. The number of rotatable bonds is 4. The average Bonchev–Trinajstić information content (AvgIpc) is 3.15. The Hall–Kier alpha value is -3.10. The lowest BCUT2D eigenvalue weighted by atomic mass is 9.86. The number of carbonyl (C=O) groups excluding carboxylic acids is 1. The van der Waals surface area contributed by atoms with Gasteiger partial charge < -0.3 is 24.5 Å². The van der Waals surface area contributed by atoms with Gasteiger partial charge in [-0.25, -0.2) is 9.78 Å². The number of ether oxygens (including phenoxy) is 2. The van der Waals surface area contributed by atoms with Crippen LogP contribution in [0.1, 0.15) is 43.9 Å². The number of methoxy groups -OCH3 is 1. The lowest BCUT2D eigenvalue weighted by Crippen LogP contribution is -2.44. The van der Waals surface area contributed by atoms with Crippen molar-refractivity contribution in [3.63, 3.8) is 0 Å². The molecule has 0 amide bonds. The number of carbonyl (C=O) groups is 1. The summed E-state index contributed by atoms with van der Waals surface area (Å²) in [5.41, 5.74) is 1.94. The molecule has 2 aliphatic heterocycles. The highest BCUT2D eigenvalue weighted by Gasteiger charge is 2.45. The second-order valence-corrected chi connectivity index (χ2v) is 9.13. The highest BCUT2D eigenvalue weighted by molar-refractivity contribution is 6.33. The maximum atomic E-state index is 13.4. The number of halogens is 1. The normalized spacial score (nSPS) is 18.7. The minimum absolute atomic E-state index is 0.0925. The fourth-order valence-corrected chi connectivity index (χ4v) is 4.93. The van der Waals surface area contributed by atoms with Gasteiger partial charge in [-0.3, -0.25) is 4.79 Å². The first-order chi connectivity index (χ1) is 15.7. The van der Waals surface area contributed by atoms with E-state index in [1.165, 1.54) is 0 Å². The van der Waals surface area contributed by atoms with Gasteiger partial charge in [0.15, 0.2) is 5.60 Å². The van der Waals surface area contributed by atoms with Crippen molar-refractivity contribution in [3.05, 3.63) is 50.3 Å². The summed E-state index contributed by atoms with van der Waals surface area (Å²) in [5, 5.41) is 15.8. The third-order valence-electron chi connectivity index (χ3n) is 6.39. The largest absolute Gasteiger partial charge is 0.495 e. The highest BCUT2D eigenvalue weighted by atomic mass is 35.5. The molecule has 1 aromatic carbocycles. The van der Waals surface area contributed by atoms with E-state index in [1.54, 1.807) is 30.7 Å². The second kappa shape index (κ2) is 7.46. The number of hydrogen-bond acceptors (Lipinski definition) is 7. The van der Waals surface area contributed by atoms with Crippen LogP contribution in [0.3, 0.4) is 0 Å². The van der Waals surface area contributed by atoms with Gasteiger partial charge in [0.05, 0.1) is 46.8 Å². The number of nitrogens with one attached hydrogen (secondary N) is 1. The number of hydrogen-bond donors (Lipinski definition) is 2. The summed E-state index contributed by atoms with van der Waals surface area (Å²) in [6, 6.07) is 5.40. The molecule has 2 aliphatic rings. The van der Waals surface area contributed by atoms with Crippen LogP contribution in [0.15, 0.2) is 23.0 Å². The first-order valence-electron chi connectivity index (χ1n) is 10.8. The SMILES string of the molecule is CC[C@@]1(O)C(=O)OCc2c1cc1n(c2=O)Cc2c-1nc1cc(Cl)c(OC)cc1c2NC(C)C. The van der Waals surface area contributed by atoms with Crippen LogP contribution in [0.2, 0.25) is 5.02 Å². The zero-order valence-electron chi connectivity index (χ0n) is 18.8. The van der Waals surface area contributed by atoms with Gasteiger partial charge in [-0.1, -0.05) is 18.5 Å². The van der Waals surface area contributed by atoms with Gasteiger partial charge in [-0.2, -0.15) is 0 Å². The molecule has 0 bridgehead atoms. The van der Waals surface area contributed by atoms with Gasteiger partial charge in [-0.15, -0.1) is 0 Å². The van der Waals surface area contributed by atoms with Crippen molar-refractivity contribution in [1.82, 2.24) is 9.55 Å². The first-order valence-corrected chi connectivity index (χ1v) is 11.2. The first kappa shape index (κ1) is 21.7. The van der Waals surface area contributed by atoms with E-state index in [2.05, 4.69) is 5.32 Å². The molecule has 0 spiro atoms. The molecule has 1 atom stereocenters. The standard InChI is InChI=1S/C24H24ClN3O5/c1-5-24(31)15-7-18-21-13(9-28(18)22(29)14(15)10-33-23(24)30)20(26-11(2)3)12-6-19(32-4)16(25)8-17(12)27-21/h6-8,11,31H,5,9-10H2,1-4H3,(H,26,27)/t24-/m0/s1. The van der Waals surface area contributed by atoms with Crippen molar-refractivity contribution in [2.45, 2.75) is 52.0 Å². The van der Waals surface area contributed by atoms with Gasteiger partial charge >= 0.3 is 5.97 Å². The third-order valence-corrected chi connectivity index (χ3v) is 6.69. The van der Waals surface area contributed by atoms with Crippen LogP contribution in [0.4, 0.5) is 5.69 Å². The van der Waals surface area contributed by atoms with Crippen molar-refractivity contribution in [1.29, 1.82) is 0 Å². The summed E-state index contributed by atoms with van der Waals surface area (Å²) >= 11 is 6.38. The Morgan fingerprint density at radius 3 is 2.73 bits per heavy atom. The lowest BCUT2D eigenvalue weighted by molar-refractivity contribution is -0.172. The number of cyclic esters (lactones) is 1. The summed E-state index contributed by atoms with van der Waals surface area (Å²) in [6.07, 6.45) is 0.0925. The zero-order valence-corrected chi connectivity index (χ0v) is 19.5. The van der Waals surface area contributed by atoms with E-state index in [0.29, 0.717) is 45.3 Å². The van der Waals surface area contributed by atoms with Crippen LogP contribution in [-0.2, 0) is 28.3 Å². The van der Waals surface area contributed by atoms with Crippen LogP contribution >= 0.6 is 11.6 Å². The third kappa shape index (κ3) is 3.04. The van der Waals surface area contributed by atoms with E-state index in [0.717, 1.165) is 16.6 Å². The molecule has 0 saturated heterocycles. The van der Waals surface area contributed by atoms with Crippen molar-refractivity contribution < 1.29 is 19.4 Å². The topological polar surface area (TPSA) is 103 Å². The van der Waals surface area contributed by atoms with Gasteiger partial charge in [-0.05, 0) is 38.5 Å². The summed E-state index contributed by atoms with van der Waals surface area (Å²) in [6.45, 7) is 5.89. The molecule has 0 fully saturated rings. The number of pyridine rings is 2. The van der Waals surface area contributed by atoms with E-state index >= 15 is 0 Å². The summed E-state index contributed by atoms with van der Waals surface area (Å²) in [5.74, 6) is -0.211. The number of anilines is 1. The summed E-state index contributed by atoms with van der Waals surface area (Å²) < 4.78 is 12.2. The maximum Gasteiger partial charge on any atom is 0.343 e. The molecule has 0 aliphatic carbocycles. The Balaban J connectivity index is 1.83. The summed E-state index contributed by atoms with van der Waals surface area (Å²) in [4.78, 5) is 30.7. The molecule has 0 saturated carbocycles. The Labute approximate surface area is 195 Å². The fraction of sp³-hybridized carbons (Fsp3) is 0.375. The van der Waals surface area contributed by atoms with E-state index in [4.69, 9.17) is 26.1 Å². The van der Waals surface area contributed by atoms with E-state index in [1.807, 2.05) is 19.9 Å². The lowest BCUT2D eigenvalue weighted by Gasteiger charge is -2.31. The quantitative estimate of drug-likeness (QED) is 0.440. The molecule has 172 valence electrons. The smallest absolute Gasteiger partial charge is 0.343 e. The molecule has 9 heteroatoms. The van der Waals surface area contributed by atoms with Crippen LogP contribution in [0.5, 0.6) is 5.75 Å². The minimum Gasteiger partial charge on any atom is -0.495 e. The molecule has 2 aromatic heterocycles. The number of aromatic nitrogens is 2. The Morgan fingerprint density at radius 1 is 1.30 bits per heavy atom. The Morgan fingerprint density at radius 2 is 2.06 bits per heavy atom. The van der Waals surface area contributed by atoms with Crippen LogP contribution in [-0.4, -0.2) is 33.8 Å². The Kier molecular flexibility index (Phi) is 4.91. The molecule has 5 rings (SSSR count). The van der Waals surface area contributed by atoms with Crippen LogP contribution in [0, 0.1) is 0 Å². The van der Waals surface area contributed by atoms with Crippen LogP contribution in [0.25, 0.3) is 22.3 Å². The van der Waals surface area contributed by atoms with Crippen LogP contribution < -0.4 is 15.6 Å². The van der Waals surface area contributed by atoms with E-state index in [9.17, 15) is 14.7 Å². The second-order valence-electron chi connectivity index (χ2n) is 8.72. The van der Waals surface area contributed by atoms with Crippen molar-refractivity contribution in [2.24, 2.45) is 0 Å². The van der Waals surface area contributed by atoms with Gasteiger partial charge in [0.25, 0.3) is 5.56 Å². The van der Waals surface area contributed by atoms with Gasteiger partial charge in [0.1, 0.15) is 12.4 Å². The molecular weight excluding hydrogens is 446 g/mol.